The van der Waals surface area contributed by atoms with Gasteiger partial charge in [0.05, 0.1) is 16.8 Å². The number of benzene rings is 1. The third-order valence-electron chi connectivity index (χ3n) is 3.91. The summed E-state index contributed by atoms with van der Waals surface area (Å²) in [6.45, 7) is 0. The molecule has 3 aromatic rings. The SMILES string of the molecule is Nc1c2c(cc(=O)n1-c1ccc3c(Cl)nccc3c1)C(=O)NC2=O. The van der Waals surface area contributed by atoms with E-state index in [0.29, 0.717) is 10.8 Å². The van der Waals surface area contributed by atoms with E-state index >= 15 is 0 Å². The molecule has 0 fully saturated rings. The summed E-state index contributed by atoms with van der Waals surface area (Å²) in [5, 5.41) is 3.97. The highest BCUT2D eigenvalue weighted by molar-refractivity contribution is 6.34. The molecule has 3 N–H and O–H groups in total. The molecule has 2 aromatic heterocycles. The smallest absolute Gasteiger partial charge is 0.262 e. The number of hydrogen-bond acceptors (Lipinski definition) is 5. The van der Waals surface area contributed by atoms with Crippen LogP contribution in [0, 0.1) is 0 Å². The number of halogens is 1. The summed E-state index contributed by atoms with van der Waals surface area (Å²) in [5.41, 5.74) is 5.96. The van der Waals surface area contributed by atoms with Crippen LogP contribution in [0.5, 0.6) is 0 Å². The van der Waals surface area contributed by atoms with E-state index in [4.69, 9.17) is 17.3 Å². The van der Waals surface area contributed by atoms with E-state index < -0.39 is 17.4 Å². The Bertz CT molecular complexity index is 1120. The lowest BCUT2D eigenvalue weighted by atomic mass is 10.1. The number of nitrogens with one attached hydrogen (secondary N) is 1. The number of anilines is 1. The maximum absolute atomic E-state index is 12.4. The van der Waals surface area contributed by atoms with Crippen LogP contribution < -0.4 is 16.6 Å². The second-order valence-corrected chi connectivity index (χ2v) is 5.64. The van der Waals surface area contributed by atoms with Gasteiger partial charge in [0.25, 0.3) is 17.4 Å². The van der Waals surface area contributed by atoms with Gasteiger partial charge in [-0.1, -0.05) is 11.6 Å². The molecule has 1 aromatic carbocycles. The zero-order chi connectivity index (χ0) is 17.0. The fourth-order valence-electron chi connectivity index (χ4n) is 2.81. The third-order valence-corrected chi connectivity index (χ3v) is 4.21. The van der Waals surface area contributed by atoms with Gasteiger partial charge in [-0.15, -0.1) is 0 Å². The van der Waals surface area contributed by atoms with Crippen LogP contribution in [0.3, 0.4) is 0 Å². The largest absolute Gasteiger partial charge is 0.384 e. The molecule has 0 radical (unpaired) electrons. The molecular formula is C16H9ClN4O3. The van der Waals surface area contributed by atoms with Gasteiger partial charge in [0.1, 0.15) is 11.0 Å². The Hall–Kier alpha value is -3.19. The van der Waals surface area contributed by atoms with Gasteiger partial charge in [-0.05, 0) is 29.7 Å². The zero-order valence-electron chi connectivity index (χ0n) is 12.0. The number of nitrogen functional groups attached to an aromatic ring is 1. The van der Waals surface area contributed by atoms with Gasteiger partial charge in [-0.25, -0.2) is 4.98 Å². The van der Waals surface area contributed by atoms with Crippen molar-refractivity contribution in [1.29, 1.82) is 0 Å². The lowest BCUT2D eigenvalue weighted by molar-refractivity contribution is 0.0880. The highest BCUT2D eigenvalue weighted by Crippen LogP contribution is 2.26. The van der Waals surface area contributed by atoms with Crippen LogP contribution in [0.15, 0.2) is 41.3 Å². The minimum atomic E-state index is -0.623. The maximum atomic E-state index is 12.4. The van der Waals surface area contributed by atoms with Gasteiger partial charge in [0.2, 0.25) is 0 Å². The third kappa shape index (κ3) is 1.92. The minimum Gasteiger partial charge on any atom is -0.384 e. The van der Waals surface area contributed by atoms with E-state index in [9.17, 15) is 14.4 Å². The quantitative estimate of drug-likeness (QED) is 0.515. The van der Waals surface area contributed by atoms with Crippen LogP contribution in [0.25, 0.3) is 16.5 Å². The number of nitrogens with zero attached hydrogens (tertiary/aromatic N) is 2. The van der Waals surface area contributed by atoms with E-state index in [1.807, 2.05) is 0 Å². The predicted octanol–water partition coefficient (Wildman–Crippen LogP) is 1.50. The molecule has 0 aliphatic carbocycles. The Morgan fingerprint density at radius 1 is 1.08 bits per heavy atom. The Morgan fingerprint density at radius 2 is 1.88 bits per heavy atom. The molecule has 1 aliphatic heterocycles. The van der Waals surface area contributed by atoms with Crippen molar-refractivity contribution in [3.63, 3.8) is 0 Å². The Labute approximate surface area is 139 Å². The van der Waals surface area contributed by atoms with E-state index in [2.05, 4.69) is 10.3 Å². The summed E-state index contributed by atoms with van der Waals surface area (Å²) in [5.74, 6) is -1.32. The van der Waals surface area contributed by atoms with Crippen LogP contribution >= 0.6 is 11.6 Å². The lowest BCUT2D eigenvalue weighted by Crippen LogP contribution is -2.24. The Balaban J connectivity index is 2.01. The maximum Gasteiger partial charge on any atom is 0.262 e. The van der Waals surface area contributed by atoms with Crippen molar-refractivity contribution >= 4 is 40.0 Å². The van der Waals surface area contributed by atoms with Gasteiger partial charge in [0.15, 0.2) is 0 Å². The molecule has 3 heterocycles. The first kappa shape index (κ1) is 14.4. The first-order valence-electron chi connectivity index (χ1n) is 6.93. The molecule has 1 aliphatic rings. The number of carbonyl (C=O) groups is 2. The normalized spacial score (nSPS) is 13.2. The number of imide groups is 1. The second-order valence-electron chi connectivity index (χ2n) is 5.28. The van der Waals surface area contributed by atoms with Crippen molar-refractivity contribution in [2.45, 2.75) is 0 Å². The lowest BCUT2D eigenvalue weighted by Gasteiger charge is -2.12. The monoisotopic (exact) mass is 340 g/mol. The number of pyridine rings is 2. The summed E-state index contributed by atoms with van der Waals surface area (Å²) < 4.78 is 1.19. The molecule has 24 heavy (non-hydrogen) atoms. The number of rotatable bonds is 1. The average molecular weight is 341 g/mol. The van der Waals surface area contributed by atoms with E-state index in [1.165, 1.54) is 4.57 Å². The highest BCUT2D eigenvalue weighted by atomic mass is 35.5. The molecule has 118 valence electrons. The minimum absolute atomic E-state index is 0.00691. The zero-order valence-corrected chi connectivity index (χ0v) is 12.8. The van der Waals surface area contributed by atoms with Gasteiger partial charge in [-0.2, -0.15) is 0 Å². The molecule has 0 spiro atoms. The van der Waals surface area contributed by atoms with Crippen LogP contribution in [-0.4, -0.2) is 21.4 Å². The van der Waals surface area contributed by atoms with E-state index in [-0.39, 0.29) is 16.9 Å². The standard InChI is InChI=1S/C16H9ClN4O3/c17-13-9-2-1-8(5-7(9)3-4-19-13)21-11(22)6-10-12(14(21)18)16(24)20-15(10)23/h1-6H,18H2,(H,20,23,24). The number of carbonyl (C=O) groups excluding carboxylic acids is 2. The summed E-state index contributed by atoms with van der Waals surface area (Å²) in [4.78, 5) is 40.0. The molecule has 0 saturated heterocycles. The number of aromatic nitrogens is 2. The molecule has 2 amide bonds. The number of nitrogens with two attached hydrogens (primary N) is 1. The van der Waals surface area contributed by atoms with Gasteiger partial charge >= 0.3 is 0 Å². The van der Waals surface area contributed by atoms with E-state index in [1.54, 1.807) is 30.5 Å². The molecule has 0 bridgehead atoms. The number of hydrogen-bond donors (Lipinski definition) is 2. The summed E-state index contributed by atoms with van der Waals surface area (Å²) in [7, 11) is 0. The van der Waals surface area contributed by atoms with Gasteiger partial charge in [0, 0.05) is 17.6 Å². The summed E-state index contributed by atoms with van der Waals surface area (Å²) in [6, 6.07) is 7.92. The van der Waals surface area contributed by atoms with Crippen LogP contribution in [0.2, 0.25) is 5.15 Å². The molecule has 0 saturated carbocycles. The van der Waals surface area contributed by atoms with Gasteiger partial charge in [-0.3, -0.25) is 24.3 Å². The Kier molecular flexibility index (Phi) is 2.94. The van der Waals surface area contributed by atoms with Crippen molar-refractivity contribution in [2.75, 3.05) is 5.73 Å². The predicted molar refractivity (Wildman–Crippen MR) is 88.6 cm³/mol. The first-order valence-corrected chi connectivity index (χ1v) is 7.31. The molecule has 0 unspecified atom stereocenters. The number of amides is 2. The average Bonchev–Trinajstić information content (AvgIpc) is 2.82. The topological polar surface area (TPSA) is 107 Å². The fraction of sp³-hybridized carbons (Fsp3) is 0. The molecular weight excluding hydrogens is 332 g/mol. The first-order chi connectivity index (χ1) is 11.5. The molecule has 7 nitrogen and oxygen atoms in total. The van der Waals surface area contributed by atoms with Crippen molar-refractivity contribution in [2.24, 2.45) is 0 Å². The molecule has 4 rings (SSSR count). The summed E-state index contributed by atoms with van der Waals surface area (Å²) >= 11 is 6.04. The van der Waals surface area contributed by atoms with Crippen molar-refractivity contribution in [3.8, 4) is 5.69 Å². The van der Waals surface area contributed by atoms with Gasteiger partial charge < -0.3 is 5.73 Å². The summed E-state index contributed by atoms with van der Waals surface area (Å²) in [6.07, 6.45) is 1.55. The second kappa shape index (κ2) is 4.90. The van der Waals surface area contributed by atoms with Crippen LogP contribution in [-0.2, 0) is 0 Å². The van der Waals surface area contributed by atoms with E-state index in [0.717, 1.165) is 16.8 Å². The Morgan fingerprint density at radius 3 is 2.67 bits per heavy atom. The number of fused-ring (bicyclic) bond motifs is 2. The highest BCUT2D eigenvalue weighted by Gasteiger charge is 2.31. The van der Waals surface area contributed by atoms with Crippen molar-refractivity contribution < 1.29 is 9.59 Å². The molecule has 0 atom stereocenters. The molecule has 8 heteroatoms. The van der Waals surface area contributed by atoms with Crippen molar-refractivity contribution in [1.82, 2.24) is 14.9 Å². The van der Waals surface area contributed by atoms with Crippen LogP contribution in [0.1, 0.15) is 20.7 Å². The van der Waals surface area contributed by atoms with Crippen LogP contribution in [0.4, 0.5) is 5.82 Å². The van der Waals surface area contributed by atoms with Crippen molar-refractivity contribution in [3.05, 3.63) is 63.2 Å². The fourth-order valence-corrected chi connectivity index (χ4v) is 3.04.